The van der Waals surface area contributed by atoms with Gasteiger partial charge in [0.05, 0.1) is 16.3 Å². The number of hydrogen-bond donors (Lipinski definition) is 1. The fraction of sp³-hybridized carbons (Fsp3) is 0.0833. The van der Waals surface area contributed by atoms with Crippen LogP contribution in [0.3, 0.4) is 0 Å². The average molecular weight is 452 g/mol. The molecule has 6 heteroatoms. The Hall–Kier alpha value is -2.66. The van der Waals surface area contributed by atoms with Crippen LogP contribution in [0.2, 0.25) is 10.0 Å². The van der Waals surface area contributed by atoms with Crippen molar-refractivity contribution in [2.75, 3.05) is 5.43 Å². The second kappa shape index (κ2) is 9.43. The molecule has 150 valence electrons. The molecule has 0 saturated heterocycles. The number of benzene rings is 3. The molecule has 0 aliphatic carbocycles. The molecule has 4 aromatic rings. The number of anilines is 1. The van der Waals surface area contributed by atoms with Crippen molar-refractivity contribution in [2.24, 2.45) is 5.10 Å². The second-order valence-electron chi connectivity index (χ2n) is 6.60. The molecule has 0 radical (unpaired) electrons. The van der Waals surface area contributed by atoms with E-state index in [1.54, 1.807) is 11.3 Å². The number of hydrogen-bond acceptors (Lipinski definition) is 4. The molecule has 3 aromatic carbocycles. The quantitative estimate of drug-likeness (QED) is 0.238. The fourth-order valence-corrected chi connectivity index (χ4v) is 4.25. The van der Waals surface area contributed by atoms with Crippen LogP contribution in [0.15, 0.2) is 84.0 Å². The summed E-state index contributed by atoms with van der Waals surface area (Å²) in [4.78, 5) is 5.92. The maximum Gasteiger partial charge on any atom is 0.204 e. The third-order valence-corrected chi connectivity index (χ3v) is 6.09. The number of rotatable bonds is 6. The molecule has 30 heavy (non-hydrogen) atoms. The molecule has 3 nitrogen and oxygen atoms in total. The van der Waals surface area contributed by atoms with Gasteiger partial charge in [-0.05, 0) is 41.8 Å². The van der Waals surface area contributed by atoms with Gasteiger partial charge in [0.25, 0.3) is 0 Å². The van der Waals surface area contributed by atoms with Crippen LogP contribution in [0.25, 0.3) is 21.7 Å². The highest BCUT2D eigenvalue weighted by atomic mass is 35.5. The van der Waals surface area contributed by atoms with E-state index in [9.17, 15) is 0 Å². The zero-order chi connectivity index (χ0) is 20.9. The maximum absolute atomic E-state index is 6.07. The van der Waals surface area contributed by atoms with Gasteiger partial charge in [-0.3, -0.25) is 5.43 Å². The van der Waals surface area contributed by atoms with E-state index in [1.807, 2.05) is 66.7 Å². The molecular weight excluding hydrogens is 433 g/mol. The van der Waals surface area contributed by atoms with E-state index in [4.69, 9.17) is 28.2 Å². The maximum atomic E-state index is 6.07. The van der Waals surface area contributed by atoms with Crippen LogP contribution >= 0.6 is 34.5 Å². The van der Waals surface area contributed by atoms with Crippen LogP contribution in [0, 0.1) is 0 Å². The Morgan fingerprint density at radius 3 is 2.13 bits per heavy atom. The SMILES string of the molecule is CCC(=NNc1nc(-c2ccc(Cl)cc2)c(-c2ccccc2)s1)c1ccc(Cl)cc1. The number of thiazole rings is 1. The molecule has 0 fully saturated rings. The van der Waals surface area contributed by atoms with Crippen molar-refractivity contribution < 1.29 is 0 Å². The van der Waals surface area contributed by atoms with Crippen LogP contribution in [-0.4, -0.2) is 10.7 Å². The van der Waals surface area contributed by atoms with Gasteiger partial charge in [0.1, 0.15) is 0 Å². The summed E-state index contributed by atoms with van der Waals surface area (Å²) < 4.78 is 0. The molecule has 0 amide bonds. The molecule has 0 aliphatic heterocycles. The summed E-state index contributed by atoms with van der Waals surface area (Å²) in [6.07, 6.45) is 0.787. The first-order valence-corrected chi connectivity index (χ1v) is 11.1. The summed E-state index contributed by atoms with van der Waals surface area (Å²) in [6, 6.07) is 25.7. The van der Waals surface area contributed by atoms with E-state index in [2.05, 4.69) is 29.6 Å². The van der Waals surface area contributed by atoms with E-state index in [0.717, 1.165) is 44.5 Å². The lowest BCUT2D eigenvalue weighted by Crippen LogP contribution is -2.02. The normalized spacial score (nSPS) is 11.5. The molecular formula is C24H19Cl2N3S. The highest BCUT2D eigenvalue weighted by Crippen LogP contribution is 2.39. The first-order valence-electron chi connectivity index (χ1n) is 9.54. The Kier molecular flexibility index (Phi) is 6.48. The zero-order valence-corrected chi connectivity index (χ0v) is 18.6. The van der Waals surface area contributed by atoms with Crippen molar-refractivity contribution in [3.63, 3.8) is 0 Å². The predicted molar refractivity (Wildman–Crippen MR) is 130 cm³/mol. The lowest BCUT2D eigenvalue weighted by molar-refractivity contribution is 1.21. The van der Waals surface area contributed by atoms with Crippen LogP contribution in [0.5, 0.6) is 0 Å². The van der Waals surface area contributed by atoms with E-state index in [-0.39, 0.29) is 0 Å². The van der Waals surface area contributed by atoms with Crippen LogP contribution in [0.1, 0.15) is 18.9 Å². The Balaban J connectivity index is 1.70. The Labute approximate surface area is 190 Å². The lowest BCUT2D eigenvalue weighted by atomic mass is 10.1. The molecule has 1 heterocycles. The minimum Gasteiger partial charge on any atom is -0.252 e. The molecule has 1 aromatic heterocycles. The predicted octanol–water partition coefficient (Wildman–Crippen LogP) is 8.01. The van der Waals surface area contributed by atoms with Crippen LogP contribution in [-0.2, 0) is 0 Å². The summed E-state index contributed by atoms with van der Waals surface area (Å²) in [5.74, 6) is 0. The van der Waals surface area contributed by atoms with Crippen molar-refractivity contribution in [1.82, 2.24) is 4.98 Å². The van der Waals surface area contributed by atoms with Gasteiger partial charge in [-0.1, -0.05) is 96.1 Å². The van der Waals surface area contributed by atoms with Crippen molar-refractivity contribution in [3.05, 3.63) is 94.5 Å². The van der Waals surface area contributed by atoms with Crippen molar-refractivity contribution in [1.29, 1.82) is 0 Å². The summed E-state index contributed by atoms with van der Waals surface area (Å²) >= 11 is 13.7. The van der Waals surface area contributed by atoms with Gasteiger partial charge >= 0.3 is 0 Å². The fourth-order valence-electron chi connectivity index (χ4n) is 3.06. The number of hydrazone groups is 1. The van der Waals surface area contributed by atoms with Gasteiger partial charge in [0.2, 0.25) is 5.13 Å². The summed E-state index contributed by atoms with van der Waals surface area (Å²) in [5.41, 5.74) is 8.17. The van der Waals surface area contributed by atoms with Gasteiger partial charge in [-0.15, -0.1) is 0 Å². The smallest absolute Gasteiger partial charge is 0.204 e. The van der Waals surface area contributed by atoms with Crippen LogP contribution < -0.4 is 5.43 Å². The minimum absolute atomic E-state index is 0.703. The molecule has 0 unspecified atom stereocenters. The minimum atomic E-state index is 0.703. The first-order chi connectivity index (χ1) is 14.6. The Morgan fingerprint density at radius 2 is 1.50 bits per heavy atom. The highest BCUT2D eigenvalue weighted by molar-refractivity contribution is 7.19. The number of aromatic nitrogens is 1. The van der Waals surface area contributed by atoms with E-state index < -0.39 is 0 Å². The topological polar surface area (TPSA) is 37.3 Å². The molecule has 0 saturated carbocycles. The molecule has 1 N–H and O–H groups in total. The summed E-state index contributed by atoms with van der Waals surface area (Å²) in [6.45, 7) is 2.07. The Bertz CT molecular complexity index is 1150. The van der Waals surface area contributed by atoms with Gasteiger partial charge in [0.15, 0.2) is 0 Å². The summed E-state index contributed by atoms with van der Waals surface area (Å²) in [7, 11) is 0. The lowest BCUT2D eigenvalue weighted by Gasteiger charge is -2.04. The zero-order valence-electron chi connectivity index (χ0n) is 16.3. The van der Waals surface area contributed by atoms with Crippen molar-refractivity contribution in [3.8, 4) is 21.7 Å². The van der Waals surface area contributed by atoms with Gasteiger partial charge < -0.3 is 0 Å². The van der Waals surface area contributed by atoms with Gasteiger partial charge in [-0.25, -0.2) is 4.98 Å². The van der Waals surface area contributed by atoms with Gasteiger partial charge in [-0.2, -0.15) is 5.10 Å². The molecule has 0 atom stereocenters. The molecule has 0 spiro atoms. The van der Waals surface area contributed by atoms with E-state index >= 15 is 0 Å². The standard InChI is InChI=1S/C24H19Cl2N3S/c1-2-21(16-8-12-19(25)13-9-16)28-29-24-27-22(17-10-14-20(26)15-11-17)23(30-24)18-6-4-3-5-7-18/h3-15H,2H2,1H3,(H,27,29). The number of nitrogens with zero attached hydrogens (tertiary/aromatic N) is 2. The molecule has 0 aliphatic rings. The Morgan fingerprint density at radius 1 is 0.867 bits per heavy atom. The van der Waals surface area contributed by atoms with Crippen molar-refractivity contribution in [2.45, 2.75) is 13.3 Å². The first kappa shape index (κ1) is 20.6. The highest BCUT2D eigenvalue weighted by Gasteiger charge is 2.15. The number of nitrogens with one attached hydrogen (secondary N) is 1. The molecule has 0 bridgehead atoms. The van der Waals surface area contributed by atoms with Gasteiger partial charge in [0, 0.05) is 15.6 Å². The van der Waals surface area contributed by atoms with E-state index in [1.165, 1.54) is 0 Å². The summed E-state index contributed by atoms with van der Waals surface area (Å²) in [5, 5.41) is 6.77. The van der Waals surface area contributed by atoms with Crippen molar-refractivity contribution >= 4 is 45.4 Å². The third kappa shape index (κ3) is 4.73. The van der Waals surface area contributed by atoms with Crippen LogP contribution in [0.4, 0.5) is 5.13 Å². The third-order valence-electron chi connectivity index (χ3n) is 4.58. The second-order valence-corrected chi connectivity index (χ2v) is 8.47. The average Bonchev–Trinajstić information content (AvgIpc) is 3.21. The number of halogens is 2. The van der Waals surface area contributed by atoms with E-state index in [0.29, 0.717) is 10.0 Å². The molecule has 4 rings (SSSR count). The monoisotopic (exact) mass is 451 g/mol. The largest absolute Gasteiger partial charge is 0.252 e.